The summed E-state index contributed by atoms with van der Waals surface area (Å²) < 4.78 is 34.9. The second-order valence-electron chi connectivity index (χ2n) is 8.78. The molecule has 0 spiro atoms. The summed E-state index contributed by atoms with van der Waals surface area (Å²) in [5.74, 6) is -2.24. The molecular formula is C25H24N2O7S3. The summed E-state index contributed by atoms with van der Waals surface area (Å²) in [5, 5.41) is 22.9. The monoisotopic (exact) mass is 560 g/mol. The normalized spacial score (nSPS) is 15.2. The molecule has 1 fully saturated rings. The molecule has 0 bridgehead atoms. The molecule has 9 nitrogen and oxygen atoms in total. The van der Waals surface area contributed by atoms with Crippen molar-refractivity contribution in [2.75, 3.05) is 25.0 Å². The molecule has 4 aromatic rings. The summed E-state index contributed by atoms with van der Waals surface area (Å²) in [5.41, 5.74) is 1.66. The lowest BCUT2D eigenvalue weighted by molar-refractivity contribution is -0.139. The first kappa shape index (κ1) is 25.5. The number of nitrogens with one attached hydrogen (secondary N) is 1. The van der Waals surface area contributed by atoms with Crippen molar-refractivity contribution in [3.8, 4) is 5.75 Å². The van der Waals surface area contributed by atoms with Gasteiger partial charge in [0.25, 0.3) is 0 Å². The first-order valence-corrected chi connectivity index (χ1v) is 14.8. The molecule has 0 amide bonds. The van der Waals surface area contributed by atoms with Crippen LogP contribution in [0.15, 0.2) is 48.5 Å². The minimum atomic E-state index is -3.38. The van der Waals surface area contributed by atoms with Gasteiger partial charge in [0.1, 0.15) is 0 Å². The van der Waals surface area contributed by atoms with Crippen LogP contribution in [0, 0.1) is 0 Å². The number of thiophene rings is 2. The van der Waals surface area contributed by atoms with E-state index in [-0.39, 0.29) is 22.4 Å². The molecule has 1 aliphatic heterocycles. The lowest BCUT2D eigenvalue weighted by atomic mass is 10.1. The molecule has 0 radical (unpaired) electrons. The molecule has 37 heavy (non-hydrogen) atoms. The van der Waals surface area contributed by atoms with Gasteiger partial charge in [-0.25, -0.2) is 22.3 Å². The number of carboxylic acid groups (broad SMARTS) is 2. The number of aliphatic carboxylic acids is 1. The molecule has 194 valence electrons. The first-order chi connectivity index (χ1) is 17.7. The lowest BCUT2D eigenvalue weighted by Gasteiger charge is -2.32. The second-order valence-corrected chi connectivity index (χ2v) is 12.8. The quantitative estimate of drug-likeness (QED) is 0.269. The molecule has 1 saturated heterocycles. The van der Waals surface area contributed by atoms with E-state index in [9.17, 15) is 23.1 Å². The summed E-state index contributed by atoms with van der Waals surface area (Å²) in [4.78, 5) is 22.6. The highest BCUT2D eigenvalue weighted by molar-refractivity contribution is 7.88. The number of sulfonamides is 1. The van der Waals surface area contributed by atoms with Gasteiger partial charge in [-0.2, -0.15) is 0 Å². The van der Waals surface area contributed by atoms with Crippen molar-refractivity contribution in [1.29, 1.82) is 0 Å². The van der Waals surface area contributed by atoms with E-state index in [1.54, 1.807) is 4.31 Å². The minimum absolute atomic E-state index is 0.000134. The molecule has 3 N–H and O–H groups in total. The molecular weight excluding hydrogens is 536 g/mol. The van der Waals surface area contributed by atoms with Gasteiger partial charge in [0.2, 0.25) is 10.0 Å². The van der Waals surface area contributed by atoms with Crippen LogP contribution in [0.25, 0.3) is 19.5 Å². The van der Waals surface area contributed by atoms with Crippen molar-refractivity contribution in [3.63, 3.8) is 0 Å². The van der Waals surface area contributed by atoms with Crippen LogP contribution in [0.1, 0.15) is 28.1 Å². The third kappa shape index (κ3) is 5.42. The Labute approximate surface area is 221 Å². The number of ether oxygens (including phenoxy) is 1. The fraction of sp³-hybridized carbons (Fsp3) is 0.280. The number of carboxylic acids is 2. The van der Waals surface area contributed by atoms with E-state index in [4.69, 9.17) is 9.84 Å². The second kappa shape index (κ2) is 10.3. The molecule has 0 saturated carbocycles. The van der Waals surface area contributed by atoms with Gasteiger partial charge in [0.05, 0.1) is 15.2 Å². The predicted molar refractivity (Wildman–Crippen MR) is 145 cm³/mol. The van der Waals surface area contributed by atoms with E-state index in [2.05, 4.69) is 5.32 Å². The third-order valence-corrected chi connectivity index (χ3v) is 10.5. The number of nitrogens with zero attached hydrogens (tertiary/aromatic N) is 1. The molecule has 1 aliphatic rings. The Balaban J connectivity index is 1.29. The number of carbonyl (C=O) groups is 2. The van der Waals surface area contributed by atoms with Crippen LogP contribution >= 0.6 is 22.7 Å². The van der Waals surface area contributed by atoms with Gasteiger partial charge in [0, 0.05) is 34.9 Å². The van der Waals surface area contributed by atoms with Gasteiger partial charge in [-0.15, -0.1) is 22.7 Å². The maximum absolute atomic E-state index is 12.8. The molecule has 12 heteroatoms. The average Bonchev–Trinajstić information content (AvgIpc) is 3.39. The number of anilines is 1. The van der Waals surface area contributed by atoms with Crippen molar-refractivity contribution < 1.29 is 33.0 Å². The van der Waals surface area contributed by atoms with Crippen molar-refractivity contribution in [2.24, 2.45) is 0 Å². The van der Waals surface area contributed by atoms with Gasteiger partial charge in [-0.1, -0.05) is 36.4 Å². The van der Waals surface area contributed by atoms with Crippen LogP contribution in [-0.4, -0.2) is 60.6 Å². The summed E-state index contributed by atoms with van der Waals surface area (Å²) in [6, 6.07) is 15.1. The van der Waals surface area contributed by atoms with Crippen LogP contribution in [-0.2, 0) is 20.6 Å². The topological polar surface area (TPSA) is 133 Å². The van der Waals surface area contributed by atoms with E-state index < -0.39 is 28.6 Å². The van der Waals surface area contributed by atoms with Gasteiger partial charge >= 0.3 is 11.9 Å². The SMILES string of the molecule is O=C(O)COc1c(C(=O)O)sc2c1sc1cc(NC3CCN(S(=O)(=O)Cc4ccccc4)CC3)ccc12. The Morgan fingerprint density at radius 1 is 1.03 bits per heavy atom. The molecule has 0 aliphatic carbocycles. The zero-order chi connectivity index (χ0) is 26.2. The number of aromatic carboxylic acids is 1. The highest BCUT2D eigenvalue weighted by Gasteiger charge is 2.28. The van der Waals surface area contributed by atoms with Crippen molar-refractivity contribution in [3.05, 3.63) is 59.0 Å². The molecule has 5 rings (SSSR count). The predicted octanol–water partition coefficient (Wildman–Crippen LogP) is 4.68. The van der Waals surface area contributed by atoms with Crippen LogP contribution in [0.5, 0.6) is 5.75 Å². The van der Waals surface area contributed by atoms with E-state index in [0.29, 0.717) is 30.6 Å². The average molecular weight is 561 g/mol. The van der Waals surface area contributed by atoms with Gasteiger partial charge < -0.3 is 20.3 Å². The minimum Gasteiger partial charge on any atom is -0.479 e. The summed E-state index contributed by atoms with van der Waals surface area (Å²) in [6.45, 7) is 0.283. The third-order valence-electron chi connectivity index (χ3n) is 6.21. The van der Waals surface area contributed by atoms with E-state index in [1.807, 2.05) is 48.5 Å². The number of hydrogen-bond acceptors (Lipinski definition) is 8. The Bertz CT molecular complexity index is 1570. The maximum atomic E-state index is 12.8. The van der Waals surface area contributed by atoms with Crippen molar-refractivity contribution in [2.45, 2.75) is 24.6 Å². The first-order valence-electron chi connectivity index (χ1n) is 11.6. The van der Waals surface area contributed by atoms with Crippen molar-refractivity contribution >= 4 is 69.8 Å². The summed E-state index contributed by atoms with van der Waals surface area (Å²) in [6.07, 6.45) is 1.36. The molecule has 2 aromatic heterocycles. The summed E-state index contributed by atoms with van der Waals surface area (Å²) in [7, 11) is -3.38. The Morgan fingerprint density at radius 3 is 2.43 bits per heavy atom. The molecule has 3 heterocycles. The zero-order valence-electron chi connectivity index (χ0n) is 19.5. The Morgan fingerprint density at radius 2 is 1.76 bits per heavy atom. The number of benzene rings is 2. The number of hydrogen-bond donors (Lipinski definition) is 3. The highest BCUT2D eigenvalue weighted by Crippen LogP contribution is 2.47. The fourth-order valence-corrected chi connectivity index (χ4v) is 8.56. The molecule has 0 atom stereocenters. The number of rotatable bonds is 9. The maximum Gasteiger partial charge on any atom is 0.349 e. The molecule has 2 aromatic carbocycles. The fourth-order valence-electron chi connectivity index (χ4n) is 4.46. The zero-order valence-corrected chi connectivity index (χ0v) is 22.0. The summed E-state index contributed by atoms with van der Waals surface area (Å²) >= 11 is 2.44. The van der Waals surface area contributed by atoms with Crippen LogP contribution in [0.3, 0.4) is 0 Å². The Hall–Kier alpha value is -3.19. The molecule has 0 unspecified atom stereocenters. The van der Waals surface area contributed by atoms with Gasteiger partial charge in [0.15, 0.2) is 17.2 Å². The standard InChI is InChI=1S/C25H24N2O7S3/c28-20(29)13-34-21-23-22(36-24(21)25(30)31)18-7-6-17(12-19(18)35-23)26-16-8-10-27(11-9-16)37(32,33)14-15-4-2-1-3-5-15/h1-7,12,16,26H,8-11,13-14H2,(H,28,29)(H,30,31). The highest BCUT2D eigenvalue weighted by atomic mass is 32.2. The van der Waals surface area contributed by atoms with E-state index in [0.717, 1.165) is 37.4 Å². The van der Waals surface area contributed by atoms with Crippen LogP contribution < -0.4 is 10.1 Å². The largest absolute Gasteiger partial charge is 0.479 e. The lowest BCUT2D eigenvalue weighted by Crippen LogP contribution is -2.42. The van der Waals surface area contributed by atoms with Crippen molar-refractivity contribution in [1.82, 2.24) is 4.31 Å². The van der Waals surface area contributed by atoms with Gasteiger partial charge in [-0.3, -0.25) is 0 Å². The smallest absolute Gasteiger partial charge is 0.349 e. The number of piperidine rings is 1. The Kier molecular flexibility index (Phi) is 7.08. The van der Waals surface area contributed by atoms with E-state index in [1.165, 1.54) is 11.3 Å². The van der Waals surface area contributed by atoms with Crippen LogP contribution in [0.2, 0.25) is 0 Å². The van der Waals surface area contributed by atoms with E-state index >= 15 is 0 Å². The van der Waals surface area contributed by atoms with Crippen LogP contribution in [0.4, 0.5) is 5.69 Å². The number of fused-ring (bicyclic) bond motifs is 3. The van der Waals surface area contributed by atoms with Gasteiger partial charge in [-0.05, 0) is 30.5 Å².